The second kappa shape index (κ2) is 12.3. The maximum Gasteiger partial charge on any atom is 0.210 e. The number of rotatable bonds is 5. The third-order valence-corrected chi connectivity index (χ3v) is 11.6. The zero-order valence-electron chi connectivity index (χ0n) is 31.4. The fourth-order valence-electron chi connectivity index (χ4n) is 9.21. The van der Waals surface area contributed by atoms with E-state index in [1.165, 1.54) is 77.7 Å². The highest BCUT2D eigenvalue weighted by Crippen LogP contribution is 2.50. The Morgan fingerprint density at radius 2 is 1.35 bits per heavy atom. The summed E-state index contributed by atoms with van der Waals surface area (Å²) in [6.07, 6.45) is 12.4. The van der Waals surface area contributed by atoms with Gasteiger partial charge in [0.15, 0.2) is 5.71 Å². The Hall–Kier alpha value is -5.15. The Labute approximate surface area is 303 Å². The van der Waals surface area contributed by atoms with Gasteiger partial charge in [0.2, 0.25) is 5.69 Å². The SMILES string of the molecule is Cc1cc(C)cc(OC2=C(/C=C/C3=[N+](C)c4ccc5ccccc5c4C3(C)C)CCC/C2=C\C=C2\N(C)c3ccc4ccccc4c3C2(C)C)c1. The minimum Gasteiger partial charge on any atom is -0.457 e. The molecule has 5 aromatic rings. The van der Waals surface area contributed by atoms with Crippen molar-refractivity contribution in [3.05, 3.63) is 160 Å². The lowest BCUT2D eigenvalue weighted by Gasteiger charge is -2.25. The molecule has 0 saturated carbocycles. The molecule has 0 aromatic heterocycles. The molecule has 0 atom stereocenters. The monoisotopic (exact) mass is 669 g/mol. The molecule has 5 aromatic carbocycles. The highest BCUT2D eigenvalue weighted by Gasteiger charge is 2.44. The van der Waals surface area contributed by atoms with Crippen LogP contribution in [-0.4, -0.2) is 24.4 Å². The summed E-state index contributed by atoms with van der Waals surface area (Å²) in [5, 5.41) is 5.25. The first-order valence-corrected chi connectivity index (χ1v) is 18.4. The van der Waals surface area contributed by atoms with Gasteiger partial charge in [-0.2, -0.15) is 4.58 Å². The molecule has 8 rings (SSSR count). The molecular formula is C48H49N2O+. The van der Waals surface area contributed by atoms with Crippen molar-refractivity contribution in [1.29, 1.82) is 0 Å². The minimum absolute atomic E-state index is 0.147. The molecule has 2 heterocycles. The molecule has 2 aliphatic heterocycles. The molecule has 0 unspecified atom stereocenters. The number of benzene rings is 5. The summed E-state index contributed by atoms with van der Waals surface area (Å²) in [6.45, 7) is 13.7. The number of ether oxygens (including phenoxy) is 1. The molecular weight excluding hydrogens is 621 g/mol. The summed E-state index contributed by atoms with van der Waals surface area (Å²) in [5.41, 5.74) is 12.6. The second-order valence-electron chi connectivity index (χ2n) is 15.8. The van der Waals surface area contributed by atoms with Gasteiger partial charge in [-0.1, -0.05) is 80.6 Å². The number of allylic oxidation sites excluding steroid dienone is 7. The molecule has 3 nitrogen and oxygen atoms in total. The van der Waals surface area contributed by atoms with Crippen LogP contribution in [0.25, 0.3) is 21.5 Å². The Kier molecular flexibility index (Phi) is 7.94. The molecule has 0 N–H and O–H groups in total. The van der Waals surface area contributed by atoms with Crippen LogP contribution in [0.2, 0.25) is 0 Å². The maximum atomic E-state index is 6.96. The van der Waals surface area contributed by atoms with Gasteiger partial charge in [0.1, 0.15) is 18.6 Å². The number of fused-ring (bicyclic) bond motifs is 6. The van der Waals surface area contributed by atoms with Crippen molar-refractivity contribution in [3.8, 4) is 5.75 Å². The standard InChI is InChI=1S/C48H49N2O/c1-31-28-32(2)30-37(29-31)51-46-35(22-26-42-47(3,4)44-38-18-11-9-14-33(38)20-24-40(44)49(42)7)16-13-17-36(46)23-27-43-48(5,6)45-39-19-12-10-15-34(39)21-25-41(45)50(43)8/h9-12,14-15,18-30H,13,16-17H2,1-8H3/q+1. The van der Waals surface area contributed by atoms with Crippen LogP contribution in [0.1, 0.15) is 69.2 Å². The lowest BCUT2D eigenvalue weighted by Crippen LogP contribution is -2.27. The van der Waals surface area contributed by atoms with E-state index in [1.54, 1.807) is 0 Å². The molecule has 0 amide bonds. The predicted octanol–water partition coefficient (Wildman–Crippen LogP) is 11.9. The van der Waals surface area contributed by atoms with Crippen LogP contribution in [0, 0.1) is 13.8 Å². The van der Waals surface area contributed by atoms with Gasteiger partial charge in [-0.05, 0) is 133 Å². The van der Waals surface area contributed by atoms with E-state index < -0.39 is 0 Å². The summed E-state index contributed by atoms with van der Waals surface area (Å²) in [5.74, 6) is 1.89. The molecule has 3 aliphatic rings. The molecule has 3 heteroatoms. The van der Waals surface area contributed by atoms with Crippen LogP contribution in [-0.2, 0) is 10.8 Å². The Bertz CT molecular complexity index is 2390. The average Bonchev–Trinajstić information content (AvgIpc) is 3.43. The van der Waals surface area contributed by atoms with Gasteiger partial charge >= 0.3 is 0 Å². The van der Waals surface area contributed by atoms with Gasteiger partial charge in [0.05, 0.1) is 5.41 Å². The van der Waals surface area contributed by atoms with Crippen molar-refractivity contribution in [1.82, 2.24) is 0 Å². The first kappa shape index (κ1) is 33.0. The van der Waals surface area contributed by atoms with Gasteiger partial charge in [-0.25, -0.2) is 0 Å². The first-order chi connectivity index (χ1) is 24.4. The first-order valence-electron chi connectivity index (χ1n) is 18.4. The van der Waals surface area contributed by atoms with Crippen LogP contribution in [0.4, 0.5) is 11.4 Å². The van der Waals surface area contributed by atoms with Gasteiger partial charge in [-0.3, -0.25) is 0 Å². The highest BCUT2D eigenvalue weighted by molar-refractivity contribution is 6.07. The minimum atomic E-state index is -0.147. The van der Waals surface area contributed by atoms with E-state index in [2.05, 4.69) is 180 Å². The molecule has 0 fully saturated rings. The lowest BCUT2D eigenvalue weighted by atomic mass is 9.78. The van der Waals surface area contributed by atoms with Crippen LogP contribution in [0.15, 0.2) is 138 Å². The lowest BCUT2D eigenvalue weighted by molar-refractivity contribution is -0.401. The number of likely N-dealkylation sites (N-methyl/N-ethyl adjacent to an activating group) is 1. The van der Waals surface area contributed by atoms with Crippen molar-refractivity contribution in [2.45, 2.75) is 71.6 Å². The summed E-state index contributed by atoms with van der Waals surface area (Å²) in [7, 11) is 4.42. The van der Waals surface area contributed by atoms with E-state index in [-0.39, 0.29) is 10.8 Å². The molecule has 51 heavy (non-hydrogen) atoms. The van der Waals surface area contributed by atoms with Gasteiger partial charge in [0.25, 0.3) is 0 Å². The highest BCUT2D eigenvalue weighted by atomic mass is 16.5. The molecule has 256 valence electrons. The second-order valence-corrected chi connectivity index (χ2v) is 15.8. The molecule has 1 aliphatic carbocycles. The van der Waals surface area contributed by atoms with E-state index in [4.69, 9.17) is 4.74 Å². The number of aryl methyl sites for hydroxylation is 2. The summed E-state index contributed by atoms with van der Waals surface area (Å²) in [4.78, 5) is 2.38. The topological polar surface area (TPSA) is 15.5 Å². The third kappa shape index (κ3) is 5.46. The van der Waals surface area contributed by atoms with E-state index in [9.17, 15) is 0 Å². The van der Waals surface area contributed by atoms with Crippen molar-refractivity contribution >= 4 is 38.6 Å². The fourth-order valence-corrected chi connectivity index (χ4v) is 9.21. The van der Waals surface area contributed by atoms with E-state index in [0.29, 0.717) is 0 Å². The van der Waals surface area contributed by atoms with Crippen molar-refractivity contribution in [2.24, 2.45) is 0 Å². The average molecular weight is 670 g/mol. The van der Waals surface area contributed by atoms with E-state index in [1.807, 2.05) is 0 Å². The molecule has 0 bridgehead atoms. The van der Waals surface area contributed by atoms with Gasteiger partial charge < -0.3 is 9.64 Å². The van der Waals surface area contributed by atoms with Crippen LogP contribution < -0.4 is 9.64 Å². The van der Waals surface area contributed by atoms with Crippen molar-refractivity contribution in [3.63, 3.8) is 0 Å². The molecule has 0 radical (unpaired) electrons. The number of nitrogens with zero attached hydrogens (tertiary/aromatic N) is 2. The number of hydrogen-bond acceptors (Lipinski definition) is 2. The summed E-state index contributed by atoms with van der Waals surface area (Å²) in [6, 6.07) is 33.2. The Balaban J connectivity index is 1.22. The quantitative estimate of drug-likeness (QED) is 0.173. The van der Waals surface area contributed by atoms with E-state index >= 15 is 0 Å². The molecule has 0 saturated heterocycles. The summed E-state index contributed by atoms with van der Waals surface area (Å²) < 4.78 is 9.35. The van der Waals surface area contributed by atoms with Gasteiger partial charge in [0, 0.05) is 41.6 Å². The van der Waals surface area contributed by atoms with Crippen molar-refractivity contribution in [2.75, 3.05) is 19.0 Å². The fraction of sp³-hybridized carbons (Fsp3) is 0.271. The number of hydrogen-bond donors (Lipinski definition) is 0. The van der Waals surface area contributed by atoms with Crippen LogP contribution >= 0.6 is 0 Å². The van der Waals surface area contributed by atoms with Crippen molar-refractivity contribution < 1.29 is 9.31 Å². The maximum absolute atomic E-state index is 6.96. The zero-order chi connectivity index (χ0) is 35.7. The zero-order valence-corrected chi connectivity index (χ0v) is 31.4. The normalized spacial score (nSPS) is 19.6. The molecule has 0 spiro atoms. The summed E-state index contributed by atoms with van der Waals surface area (Å²) >= 11 is 0. The number of anilines is 1. The van der Waals surface area contributed by atoms with E-state index in [0.717, 1.165) is 30.8 Å². The Morgan fingerprint density at radius 3 is 2.06 bits per heavy atom. The third-order valence-electron chi connectivity index (χ3n) is 11.6. The van der Waals surface area contributed by atoms with Crippen LogP contribution in [0.3, 0.4) is 0 Å². The smallest absolute Gasteiger partial charge is 0.210 e. The predicted molar refractivity (Wildman–Crippen MR) is 216 cm³/mol. The largest absolute Gasteiger partial charge is 0.457 e. The Morgan fingerprint density at radius 1 is 0.706 bits per heavy atom. The van der Waals surface area contributed by atoms with Crippen LogP contribution in [0.5, 0.6) is 5.75 Å². The van der Waals surface area contributed by atoms with Gasteiger partial charge in [-0.15, -0.1) is 0 Å².